The maximum Gasteiger partial charge on any atom is 0.253 e. The van der Waals surface area contributed by atoms with Gasteiger partial charge in [-0.1, -0.05) is 20.8 Å². The van der Waals surface area contributed by atoms with Crippen LogP contribution in [0.5, 0.6) is 0 Å². The Bertz CT molecular complexity index is 1010. The van der Waals surface area contributed by atoms with Crippen molar-refractivity contribution in [2.45, 2.75) is 46.3 Å². The van der Waals surface area contributed by atoms with Crippen LogP contribution in [0.4, 0.5) is 10.1 Å². The zero-order valence-electron chi connectivity index (χ0n) is 18.5. The minimum absolute atomic E-state index is 0.0463. The summed E-state index contributed by atoms with van der Waals surface area (Å²) in [6.45, 7) is 6.14. The molecule has 0 fully saturated rings. The molecule has 0 aliphatic heterocycles. The number of primary amides is 1. The highest BCUT2D eigenvalue weighted by Gasteiger charge is 2.36. The van der Waals surface area contributed by atoms with Crippen LogP contribution in [0.15, 0.2) is 12.1 Å². The number of rotatable bonds is 8. The maximum atomic E-state index is 15.0. The van der Waals surface area contributed by atoms with Gasteiger partial charge in [-0.2, -0.15) is 5.10 Å². The van der Waals surface area contributed by atoms with E-state index in [9.17, 15) is 14.0 Å². The van der Waals surface area contributed by atoms with Crippen molar-refractivity contribution in [1.82, 2.24) is 9.78 Å². The number of benzene rings is 1. The molecule has 0 saturated carbocycles. The van der Waals surface area contributed by atoms with E-state index in [-0.39, 0.29) is 29.0 Å². The first-order chi connectivity index (χ1) is 14.6. The number of aromatic nitrogens is 2. The largest absolute Gasteiger partial charge is 0.379 e. The minimum Gasteiger partial charge on any atom is -0.379 e. The molecule has 0 radical (unpaired) electrons. The number of ether oxygens (including phenoxy) is 2. The van der Waals surface area contributed by atoms with Crippen molar-refractivity contribution in [1.29, 1.82) is 0 Å². The SMILES string of the molecule is CCc1nn(-c2cc(F)c(C(N)=O)c(NCC(OC)OC)c2)c2c1C(=O)CC(C)(C)C2. The van der Waals surface area contributed by atoms with Gasteiger partial charge in [0, 0.05) is 26.7 Å². The molecule has 8 nitrogen and oxygen atoms in total. The van der Waals surface area contributed by atoms with E-state index < -0.39 is 18.0 Å². The number of fused-ring (bicyclic) bond motifs is 1. The van der Waals surface area contributed by atoms with E-state index in [1.165, 1.54) is 20.3 Å². The second-order valence-corrected chi connectivity index (χ2v) is 8.47. The number of halogens is 1. The highest BCUT2D eigenvalue weighted by molar-refractivity contribution is 6.00. The zero-order valence-corrected chi connectivity index (χ0v) is 18.5. The Morgan fingerprint density at radius 3 is 2.58 bits per heavy atom. The Morgan fingerprint density at radius 1 is 1.32 bits per heavy atom. The molecule has 31 heavy (non-hydrogen) atoms. The van der Waals surface area contributed by atoms with Gasteiger partial charge in [0.1, 0.15) is 5.82 Å². The second kappa shape index (κ2) is 8.76. The highest BCUT2D eigenvalue weighted by Crippen LogP contribution is 2.38. The molecule has 1 aromatic heterocycles. The molecule has 1 heterocycles. The summed E-state index contributed by atoms with van der Waals surface area (Å²) in [7, 11) is 2.95. The van der Waals surface area contributed by atoms with E-state index in [4.69, 9.17) is 15.2 Å². The van der Waals surface area contributed by atoms with Crippen molar-refractivity contribution in [2.24, 2.45) is 11.1 Å². The van der Waals surface area contributed by atoms with Crippen LogP contribution in [0.2, 0.25) is 0 Å². The van der Waals surface area contributed by atoms with Gasteiger partial charge in [0.05, 0.1) is 40.4 Å². The Kier molecular flexibility index (Phi) is 6.47. The monoisotopic (exact) mass is 432 g/mol. The molecule has 0 unspecified atom stereocenters. The summed E-state index contributed by atoms with van der Waals surface area (Å²) in [5.74, 6) is -1.63. The van der Waals surface area contributed by atoms with Crippen molar-refractivity contribution in [3.05, 3.63) is 40.5 Å². The molecule has 1 aliphatic rings. The number of carbonyl (C=O) groups excluding carboxylic acids is 2. The van der Waals surface area contributed by atoms with Crippen LogP contribution in [0.3, 0.4) is 0 Å². The van der Waals surface area contributed by atoms with E-state index in [1.807, 2.05) is 20.8 Å². The first-order valence-electron chi connectivity index (χ1n) is 10.2. The predicted molar refractivity (Wildman–Crippen MR) is 114 cm³/mol. The molecule has 0 saturated heterocycles. The summed E-state index contributed by atoms with van der Waals surface area (Å²) < 4.78 is 26.9. The van der Waals surface area contributed by atoms with Gasteiger partial charge in [-0.25, -0.2) is 9.07 Å². The fourth-order valence-electron chi connectivity index (χ4n) is 4.05. The molecule has 9 heteroatoms. The number of methoxy groups -OCH3 is 2. The molecule has 3 rings (SSSR count). The first-order valence-corrected chi connectivity index (χ1v) is 10.2. The van der Waals surface area contributed by atoms with Gasteiger partial charge in [0.25, 0.3) is 5.91 Å². The van der Waals surface area contributed by atoms with Crippen molar-refractivity contribution >= 4 is 17.4 Å². The number of Topliss-reactive ketones (excluding diaryl/α,β-unsaturated/α-hetero) is 1. The number of carbonyl (C=O) groups is 2. The lowest BCUT2D eigenvalue weighted by Gasteiger charge is -2.29. The number of nitrogens with one attached hydrogen (secondary N) is 1. The fraction of sp³-hybridized carbons (Fsp3) is 0.500. The van der Waals surface area contributed by atoms with Crippen molar-refractivity contribution in [3.8, 4) is 5.69 Å². The number of anilines is 1. The van der Waals surface area contributed by atoms with Crippen LogP contribution in [0.1, 0.15) is 59.3 Å². The highest BCUT2D eigenvalue weighted by atomic mass is 19.1. The third kappa shape index (κ3) is 4.47. The van der Waals surface area contributed by atoms with Gasteiger partial charge in [-0.3, -0.25) is 9.59 Å². The Morgan fingerprint density at radius 2 is 2.00 bits per heavy atom. The first kappa shape index (κ1) is 22.9. The van der Waals surface area contributed by atoms with Crippen LogP contribution in [0.25, 0.3) is 5.69 Å². The lowest BCUT2D eigenvalue weighted by molar-refractivity contribution is -0.0914. The van der Waals surface area contributed by atoms with E-state index in [0.717, 1.165) is 5.69 Å². The average molecular weight is 432 g/mol. The summed E-state index contributed by atoms with van der Waals surface area (Å²) in [5.41, 5.74) is 7.58. The van der Waals surface area contributed by atoms with Gasteiger partial charge in [0.2, 0.25) is 0 Å². The van der Waals surface area contributed by atoms with Crippen molar-refractivity contribution in [3.63, 3.8) is 0 Å². The van der Waals surface area contributed by atoms with Crippen molar-refractivity contribution < 1.29 is 23.5 Å². The number of aryl methyl sites for hydroxylation is 1. The maximum absolute atomic E-state index is 15.0. The molecule has 0 bridgehead atoms. The molecular weight excluding hydrogens is 403 g/mol. The molecule has 1 amide bonds. The minimum atomic E-state index is -0.897. The standard InChI is InChI=1S/C22H29FN4O4/c1-6-14-20-16(9-22(2,3)10-17(20)28)27(26-14)12-7-13(23)19(21(24)29)15(8-12)25-11-18(30-4)31-5/h7-8,18,25H,6,9-11H2,1-5H3,(H2,24,29). The third-order valence-electron chi connectivity index (χ3n) is 5.50. The van der Waals surface area contributed by atoms with Crippen molar-refractivity contribution in [2.75, 3.05) is 26.1 Å². The number of hydrogen-bond donors (Lipinski definition) is 2. The van der Waals surface area contributed by atoms with Crippen LogP contribution < -0.4 is 11.1 Å². The Hall–Kier alpha value is -2.78. The molecule has 3 N–H and O–H groups in total. The van der Waals surface area contributed by atoms with Gasteiger partial charge in [0.15, 0.2) is 12.1 Å². The third-order valence-corrected chi connectivity index (χ3v) is 5.50. The van der Waals surface area contributed by atoms with E-state index in [1.54, 1.807) is 10.7 Å². The normalized spacial score (nSPS) is 15.3. The van der Waals surface area contributed by atoms with Crippen LogP contribution in [-0.4, -0.2) is 48.5 Å². The van der Waals surface area contributed by atoms with Gasteiger partial charge in [-0.05, 0) is 24.3 Å². The molecule has 0 spiro atoms. The molecule has 1 aromatic carbocycles. The lowest BCUT2D eigenvalue weighted by atomic mass is 9.75. The second-order valence-electron chi connectivity index (χ2n) is 8.47. The summed E-state index contributed by atoms with van der Waals surface area (Å²) in [4.78, 5) is 24.7. The molecule has 0 atom stereocenters. The predicted octanol–water partition coefficient (Wildman–Crippen LogP) is 2.86. The van der Waals surface area contributed by atoms with Crippen LogP contribution >= 0.6 is 0 Å². The summed E-state index contributed by atoms with van der Waals surface area (Å²) in [5, 5.41) is 7.59. The van der Waals surface area contributed by atoms with Gasteiger partial charge in [-0.15, -0.1) is 0 Å². The summed E-state index contributed by atoms with van der Waals surface area (Å²) in [6.07, 6.45) is 1.04. The molecule has 1 aliphatic carbocycles. The Balaban J connectivity index is 2.14. The quantitative estimate of drug-likeness (QED) is 0.621. The van der Waals surface area contributed by atoms with Gasteiger partial charge >= 0.3 is 0 Å². The Labute approximate surface area is 180 Å². The van der Waals surface area contributed by atoms with Crippen LogP contribution in [0, 0.1) is 11.2 Å². The number of nitrogens with zero attached hydrogens (tertiary/aromatic N) is 2. The van der Waals surface area contributed by atoms with Crippen LogP contribution in [-0.2, 0) is 22.3 Å². The molecule has 2 aromatic rings. The topological polar surface area (TPSA) is 108 Å². The molecular formula is C22H29FN4O4. The number of ketones is 1. The fourth-order valence-corrected chi connectivity index (χ4v) is 4.05. The number of hydrogen-bond acceptors (Lipinski definition) is 6. The van der Waals surface area contributed by atoms with E-state index in [0.29, 0.717) is 36.2 Å². The van der Waals surface area contributed by atoms with E-state index >= 15 is 0 Å². The number of nitrogens with two attached hydrogens (primary N) is 1. The van der Waals surface area contributed by atoms with Gasteiger partial charge < -0.3 is 20.5 Å². The molecule has 168 valence electrons. The summed E-state index contributed by atoms with van der Waals surface area (Å²) in [6, 6.07) is 2.82. The lowest BCUT2D eigenvalue weighted by Crippen LogP contribution is -2.28. The number of amides is 1. The average Bonchev–Trinajstić information content (AvgIpc) is 3.05. The smallest absolute Gasteiger partial charge is 0.253 e. The summed E-state index contributed by atoms with van der Waals surface area (Å²) >= 11 is 0. The van der Waals surface area contributed by atoms with E-state index in [2.05, 4.69) is 10.4 Å². The zero-order chi connectivity index (χ0) is 22.9.